The molecule has 1 saturated carbocycles. The summed E-state index contributed by atoms with van der Waals surface area (Å²) in [5.74, 6) is -1.89. The van der Waals surface area contributed by atoms with E-state index in [9.17, 15) is 28.4 Å². The summed E-state index contributed by atoms with van der Waals surface area (Å²) in [5, 5.41) is 12.2. The molecule has 0 aromatic heterocycles. The predicted molar refractivity (Wildman–Crippen MR) is 124 cm³/mol. The van der Waals surface area contributed by atoms with Crippen molar-refractivity contribution in [3.63, 3.8) is 0 Å². The zero-order valence-corrected chi connectivity index (χ0v) is 20.4. The van der Waals surface area contributed by atoms with Crippen LogP contribution in [0, 0.1) is 28.9 Å². The number of benzene rings is 1. The molecule has 3 unspecified atom stereocenters. The number of amides is 3. The van der Waals surface area contributed by atoms with Crippen LogP contribution in [0.2, 0.25) is 0 Å². The molecule has 0 radical (unpaired) electrons. The monoisotopic (exact) mass is 501 g/mol. The van der Waals surface area contributed by atoms with Crippen molar-refractivity contribution in [3.8, 4) is 6.07 Å². The molecule has 4 fully saturated rings. The maximum atomic E-state index is 13.8. The highest BCUT2D eigenvalue weighted by Crippen LogP contribution is 2.48. The van der Waals surface area contributed by atoms with Crippen molar-refractivity contribution in [3.05, 3.63) is 29.8 Å². The molecule has 11 heteroatoms. The van der Waals surface area contributed by atoms with Gasteiger partial charge in [0, 0.05) is 30.9 Å². The van der Waals surface area contributed by atoms with Gasteiger partial charge in [-0.25, -0.2) is 13.6 Å². The summed E-state index contributed by atoms with van der Waals surface area (Å²) in [6.07, 6.45) is 1.15. The van der Waals surface area contributed by atoms with Gasteiger partial charge >= 0.3 is 6.09 Å². The van der Waals surface area contributed by atoms with Crippen LogP contribution in [0.5, 0.6) is 0 Å². The molecule has 0 spiro atoms. The number of nitrogens with one attached hydrogen (secondary N) is 1. The number of nitriles is 1. The summed E-state index contributed by atoms with van der Waals surface area (Å²) >= 11 is 0. The van der Waals surface area contributed by atoms with Gasteiger partial charge in [0.25, 0.3) is 0 Å². The number of carbonyl (C=O) groups is 3. The summed E-state index contributed by atoms with van der Waals surface area (Å²) < 4.78 is 32.9. The summed E-state index contributed by atoms with van der Waals surface area (Å²) in [7, 11) is 0. The number of ether oxygens (including phenoxy) is 1. The Morgan fingerprint density at radius 3 is 2.50 bits per heavy atom. The van der Waals surface area contributed by atoms with Crippen LogP contribution in [-0.4, -0.2) is 76.6 Å². The van der Waals surface area contributed by atoms with E-state index in [4.69, 9.17) is 4.74 Å². The average Bonchev–Trinajstić information content (AvgIpc) is 3.10. The molecule has 1 N–H and O–H groups in total. The van der Waals surface area contributed by atoms with E-state index in [1.54, 1.807) is 25.7 Å². The second-order valence-electron chi connectivity index (χ2n) is 11.1. The molecule has 5 rings (SSSR count). The molecule has 3 aliphatic heterocycles. The average molecular weight is 502 g/mol. The van der Waals surface area contributed by atoms with Crippen molar-refractivity contribution in [1.29, 1.82) is 5.26 Å². The molecular weight excluding hydrogens is 472 g/mol. The van der Waals surface area contributed by atoms with Gasteiger partial charge in [-0.2, -0.15) is 5.26 Å². The number of rotatable bonds is 5. The normalized spacial score (nSPS) is 29.7. The van der Waals surface area contributed by atoms with E-state index in [0.29, 0.717) is 25.3 Å². The Balaban J connectivity index is 1.33. The molecule has 3 amide bonds. The highest BCUT2D eigenvalue weighted by molar-refractivity contribution is 6.01. The van der Waals surface area contributed by atoms with Crippen molar-refractivity contribution in [1.82, 2.24) is 15.1 Å². The minimum Gasteiger partial charge on any atom is -0.444 e. The molecule has 2 bridgehead atoms. The third-order valence-electron chi connectivity index (χ3n) is 7.31. The van der Waals surface area contributed by atoms with E-state index in [1.165, 1.54) is 4.90 Å². The fourth-order valence-electron chi connectivity index (χ4n) is 5.82. The van der Waals surface area contributed by atoms with Crippen LogP contribution >= 0.6 is 0 Å². The van der Waals surface area contributed by atoms with Crippen LogP contribution in [-0.2, 0) is 14.3 Å². The lowest BCUT2D eigenvalue weighted by molar-refractivity contribution is -0.136. The minimum atomic E-state index is -1.01. The third kappa shape index (κ3) is 4.50. The van der Waals surface area contributed by atoms with Gasteiger partial charge in [0.2, 0.25) is 11.8 Å². The zero-order valence-electron chi connectivity index (χ0n) is 20.4. The molecule has 1 aromatic carbocycles. The number of hydrogen-bond donors (Lipinski definition) is 1. The van der Waals surface area contributed by atoms with Crippen LogP contribution in [0.4, 0.5) is 19.3 Å². The Bertz CT molecular complexity index is 1130. The van der Waals surface area contributed by atoms with Crippen molar-refractivity contribution in [2.24, 2.45) is 5.92 Å². The SMILES string of the molecule is CC(C)(C)OC(=O)NC(CN1C[C@@H]2CC1C(=O)N2c1cc(F)cc(F)c1)C(=O)N1C(C#N)C[C@@H]2C[C@@H]21. The number of anilines is 1. The van der Waals surface area contributed by atoms with Crippen molar-refractivity contribution in [2.45, 2.75) is 75.8 Å². The lowest BCUT2D eigenvalue weighted by atomic mass is 10.1. The fourth-order valence-corrected chi connectivity index (χ4v) is 5.82. The summed E-state index contributed by atoms with van der Waals surface area (Å²) in [6.45, 7) is 5.58. The topological polar surface area (TPSA) is 106 Å². The number of likely N-dealkylation sites (tertiary alicyclic amines) is 2. The van der Waals surface area contributed by atoms with E-state index >= 15 is 0 Å². The second-order valence-corrected chi connectivity index (χ2v) is 11.1. The number of carbonyl (C=O) groups excluding carboxylic acids is 3. The molecule has 1 aromatic rings. The minimum absolute atomic E-state index is 0.000104. The number of nitrogens with zero attached hydrogens (tertiary/aromatic N) is 4. The first kappa shape index (κ1) is 24.4. The van der Waals surface area contributed by atoms with Gasteiger partial charge in [-0.15, -0.1) is 0 Å². The van der Waals surface area contributed by atoms with Gasteiger partial charge in [0.1, 0.15) is 29.3 Å². The van der Waals surface area contributed by atoms with E-state index in [1.807, 2.05) is 4.90 Å². The maximum Gasteiger partial charge on any atom is 0.408 e. The van der Waals surface area contributed by atoms with Crippen LogP contribution < -0.4 is 10.2 Å². The smallest absolute Gasteiger partial charge is 0.408 e. The molecular formula is C25H29F2N5O4. The van der Waals surface area contributed by atoms with Crippen molar-refractivity contribution >= 4 is 23.6 Å². The number of fused-ring (bicyclic) bond motifs is 3. The van der Waals surface area contributed by atoms with Crippen molar-refractivity contribution < 1.29 is 27.9 Å². The molecule has 36 heavy (non-hydrogen) atoms. The first-order valence-corrected chi connectivity index (χ1v) is 12.2. The number of alkyl carbamates (subject to hydrolysis) is 1. The van der Waals surface area contributed by atoms with Crippen LogP contribution in [0.3, 0.4) is 0 Å². The van der Waals surface area contributed by atoms with Gasteiger partial charge in [-0.05, 0) is 58.1 Å². The Morgan fingerprint density at radius 2 is 1.89 bits per heavy atom. The summed E-state index contributed by atoms with van der Waals surface area (Å²) in [4.78, 5) is 44.2. The first-order chi connectivity index (χ1) is 16.9. The molecule has 3 heterocycles. The number of halogens is 2. The van der Waals surface area contributed by atoms with Gasteiger partial charge in [0.15, 0.2) is 0 Å². The Morgan fingerprint density at radius 1 is 1.19 bits per heavy atom. The quantitative estimate of drug-likeness (QED) is 0.663. The van der Waals surface area contributed by atoms with Gasteiger partial charge < -0.3 is 19.9 Å². The maximum absolute atomic E-state index is 13.8. The van der Waals surface area contributed by atoms with Gasteiger partial charge in [0.05, 0.1) is 18.2 Å². The highest BCUT2D eigenvalue weighted by atomic mass is 19.1. The van der Waals surface area contributed by atoms with Crippen LogP contribution in [0.1, 0.15) is 40.0 Å². The lowest BCUT2D eigenvalue weighted by Crippen LogP contribution is -2.59. The summed E-state index contributed by atoms with van der Waals surface area (Å²) in [5.41, 5.74) is -0.608. The van der Waals surface area contributed by atoms with E-state index in [0.717, 1.165) is 24.6 Å². The molecule has 1 aliphatic carbocycles. The number of piperazine rings is 1. The standard InChI is InChI=1S/C25H29F2N5O4/c1-25(2,3)36-24(35)29-19(22(33)32-17(10-28)4-13-5-20(13)32)12-30-11-18-9-21(30)23(34)31(18)16-7-14(26)6-15(27)8-16/h6-8,13,17-21H,4-5,9,11-12H2,1-3H3,(H,29,35)/t13-,17?,18+,19?,20+,21?/m1/s1. The molecule has 9 nitrogen and oxygen atoms in total. The van der Waals surface area contributed by atoms with Gasteiger partial charge in [-0.1, -0.05) is 0 Å². The highest BCUT2D eigenvalue weighted by Gasteiger charge is 2.56. The third-order valence-corrected chi connectivity index (χ3v) is 7.31. The van der Waals surface area contributed by atoms with E-state index < -0.39 is 41.5 Å². The molecule has 192 valence electrons. The zero-order chi connectivity index (χ0) is 25.9. The second kappa shape index (κ2) is 8.69. The molecule has 6 atom stereocenters. The first-order valence-electron chi connectivity index (χ1n) is 12.2. The lowest BCUT2D eigenvalue weighted by Gasteiger charge is -2.36. The van der Waals surface area contributed by atoms with E-state index in [2.05, 4.69) is 11.4 Å². The van der Waals surface area contributed by atoms with E-state index in [-0.39, 0.29) is 36.1 Å². The Labute approximate surface area is 207 Å². The van der Waals surface area contributed by atoms with Crippen LogP contribution in [0.25, 0.3) is 0 Å². The predicted octanol–water partition coefficient (Wildman–Crippen LogP) is 2.16. The number of hydrogen-bond acceptors (Lipinski definition) is 6. The van der Waals surface area contributed by atoms with Gasteiger partial charge in [-0.3, -0.25) is 14.5 Å². The summed E-state index contributed by atoms with van der Waals surface area (Å²) in [6, 6.07) is 2.75. The molecule has 4 aliphatic rings. The molecule has 3 saturated heterocycles. The largest absolute Gasteiger partial charge is 0.444 e. The number of piperidine rings is 1. The fraction of sp³-hybridized carbons (Fsp3) is 0.600. The Hall–Kier alpha value is -3.26. The Kier molecular flexibility index (Phi) is 5.90. The van der Waals surface area contributed by atoms with Crippen molar-refractivity contribution in [2.75, 3.05) is 18.0 Å². The van der Waals surface area contributed by atoms with Crippen LogP contribution in [0.15, 0.2) is 18.2 Å².